The summed E-state index contributed by atoms with van der Waals surface area (Å²) in [6, 6.07) is 7.75. The van der Waals surface area contributed by atoms with Crippen LogP contribution >= 0.6 is 0 Å². The van der Waals surface area contributed by atoms with Crippen LogP contribution in [-0.4, -0.2) is 66.4 Å². The highest BCUT2D eigenvalue weighted by Crippen LogP contribution is 2.41. The van der Waals surface area contributed by atoms with Crippen LogP contribution in [0.15, 0.2) is 24.3 Å². The average molecular weight is 761 g/mol. The van der Waals surface area contributed by atoms with E-state index in [0.29, 0.717) is 24.3 Å². The van der Waals surface area contributed by atoms with Crippen LogP contribution in [0.5, 0.6) is 11.5 Å². The van der Waals surface area contributed by atoms with Gasteiger partial charge in [-0.1, -0.05) is 121 Å². The second kappa shape index (κ2) is 18.8. The van der Waals surface area contributed by atoms with Gasteiger partial charge in [-0.2, -0.15) is 0 Å². The highest BCUT2D eigenvalue weighted by atomic mass is 16.4. The number of benzene rings is 2. The Morgan fingerprint density at radius 2 is 0.796 bits per heavy atom. The molecule has 1 atom stereocenters. The molecule has 0 radical (unpaired) electrons. The second-order valence-electron chi connectivity index (χ2n) is 19.9. The lowest BCUT2D eigenvalue weighted by atomic mass is 9.77. The van der Waals surface area contributed by atoms with Gasteiger partial charge in [0.1, 0.15) is 11.5 Å². The molecule has 0 spiro atoms. The summed E-state index contributed by atoms with van der Waals surface area (Å²) < 4.78 is 0. The number of hydrogen-bond donors (Lipinski definition) is 7. The zero-order valence-electron chi connectivity index (χ0n) is 36.0. The Kier molecular flexibility index (Phi) is 17.5. The molecule has 7 N–H and O–H groups in total. The molecule has 54 heavy (non-hydrogen) atoms. The Hall–Kier alpha value is -3.63. The number of rotatable bonds is 11. The lowest BCUT2D eigenvalue weighted by Gasteiger charge is -2.32. The summed E-state index contributed by atoms with van der Waals surface area (Å²) in [6.07, 6.45) is 0.504. The number of aliphatic hydroxyl groups excluding tert-OH is 2. The summed E-state index contributed by atoms with van der Waals surface area (Å²) >= 11 is 0. The SMILES string of the molecule is CC(C)(C)c1cc(CCC(=O)O)cc(C(C)(C)C)c1O.CC(C)(C)c1cc(CCC(=O)O)cc(C(C)(C)C)c1O.CC(C)(CO)CC(O)C(C)(C)C(=O)O. The Balaban J connectivity index is 0.000000796. The number of phenolic OH excluding ortho intramolecular Hbond substituents is 2. The molecular weight excluding hydrogens is 688 g/mol. The van der Waals surface area contributed by atoms with Crippen LogP contribution in [0, 0.1) is 10.8 Å². The standard InChI is InChI=1S/2C17H26O3.C10H20O4/c2*1-16(2,3)12-9-11(7-8-14(18)19)10-13(15(12)20)17(4,5)6;1-9(2,6-11)5-7(12)10(3,4)8(13)14/h2*9-10,20H,7-8H2,1-6H3,(H,18,19);7,11-12H,5-6H2,1-4H3,(H,13,14). The second-order valence-corrected chi connectivity index (χ2v) is 19.9. The molecule has 0 aliphatic carbocycles. The maximum absolute atomic E-state index is 10.8. The summed E-state index contributed by atoms with van der Waals surface area (Å²) in [5, 5.41) is 66.3. The fraction of sp³-hybridized carbons (Fsp3) is 0.659. The smallest absolute Gasteiger partial charge is 0.311 e. The first kappa shape index (κ1) is 50.4. The molecule has 0 aromatic heterocycles. The van der Waals surface area contributed by atoms with Crippen LogP contribution in [0.2, 0.25) is 0 Å². The van der Waals surface area contributed by atoms with E-state index in [1.54, 1.807) is 13.8 Å². The maximum Gasteiger partial charge on any atom is 0.311 e. The molecule has 0 fully saturated rings. The molecule has 0 aliphatic rings. The van der Waals surface area contributed by atoms with Crippen LogP contribution < -0.4 is 0 Å². The van der Waals surface area contributed by atoms with Crippen molar-refractivity contribution in [3.05, 3.63) is 57.6 Å². The van der Waals surface area contributed by atoms with Crippen LogP contribution in [0.3, 0.4) is 0 Å². The van der Waals surface area contributed by atoms with E-state index < -0.39 is 34.8 Å². The summed E-state index contributed by atoms with van der Waals surface area (Å²) in [4.78, 5) is 32.3. The third-order valence-electron chi connectivity index (χ3n) is 9.38. The predicted octanol–water partition coefficient (Wildman–Crippen LogP) is 8.88. The van der Waals surface area contributed by atoms with Crippen molar-refractivity contribution in [2.24, 2.45) is 10.8 Å². The fourth-order valence-electron chi connectivity index (χ4n) is 5.45. The lowest BCUT2D eigenvalue weighted by Crippen LogP contribution is -2.40. The minimum absolute atomic E-state index is 0.0697. The van der Waals surface area contributed by atoms with Crippen molar-refractivity contribution in [2.45, 2.75) is 171 Å². The number of aliphatic hydroxyl groups is 2. The number of aliphatic carboxylic acids is 3. The third kappa shape index (κ3) is 16.0. The van der Waals surface area contributed by atoms with Crippen molar-refractivity contribution in [1.82, 2.24) is 0 Å². The number of carbonyl (C=O) groups is 3. The Morgan fingerprint density at radius 3 is 0.981 bits per heavy atom. The average Bonchev–Trinajstić information content (AvgIpc) is 2.97. The number of carboxylic acids is 3. The van der Waals surface area contributed by atoms with E-state index in [2.05, 4.69) is 83.1 Å². The normalized spacial score (nSPS) is 13.2. The third-order valence-corrected chi connectivity index (χ3v) is 9.38. The van der Waals surface area contributed by atoms with Gasteiger partial charge in [-0.3, -0.25) is 14.4 Å². The summed E-state index contributed by atoms with van der Waals surface area (Å²) in [5.41, 5.74) is 3.13. The number of aromatic hydroxyl groups is 2. The van der Waals surface area contributed by atoms with Crippen LogP contribution in [0.1, 0.15) is 163 Å². The van der Waals surface area contributed by atoms with E-state index in [1.165, 1.54) is 13.8 Å². The van der Waals surface area contributed by atoms with Gasteiger partial charge < -0.3 is 35.7 Å². The van der Waals surface area contributed by atoms with Crippen LogP contribution in [0.4, 0.5) is 0 Å². The van der Waals surface area contributed by atoms with Crippen molar-refractivity contribution in [2.75, 3.05) is 6.61 Å². The van der Waals surface area contributed by atoms with E-state index in [1.807, 2.05) is 24.3 Å². The molecule has 2 aromatic carbocycles. The fourth-order valence-corrected chi connectivity index (χ4v) is 5.45. The highest BCUT2D eigenvalue weighted by molar-refractivity contribution is 5.74. The first-order chi connectivity index (χ1) is 24.0. The molecule has 0 amide bonds. The molecule has 0 aliphatic heterocycles. The van der Waals surface area contributed by atoms with Crippen molar-refractivity contribution < 1.29 is 50.1 Å². The molecule has 0 bridgehead atoms. The zero-order valence-corrected chi connectivity index (χ0v) is 36.0. The quantitative estimate of drug-likeness (QED) is 0.116. The minimum Gasteiger partial charge on any atom is -0.507 e. The van der Waals surface area contributed by atoms with Gasteiger partial charge >= 0.3 is 17.9 Å². The largest absolute Gasteiger partial charge is 0.507 e. The van der Waals surface area contributed by atoms with Gasteiger partial charge in [-0.05, 0) is 93.6 Å². The molecule has 2 aromatic rings. The Morgan fingerprint density at radius 1 is 0.537 bits per heavy atom. The van der Waals surface area contributed by atoms with Gasteiger partial charge in [0.15, 0.2) is 0 Å². The van der Waals surface area contributed by atoms with Gasteiger partial charge in [0.25, 0.3) is 0 Å². The van der Waals surface area contributed by atoms with Gasteiger partial charge in [0, 0.05) is 19.4 Å². The highest BCUT2D eigenvalue weighted by Gasteiger charge is 2.38. The van der Waals surface area contributed by atoms with Crippen molar-refractivity contribution in [3.8, 4) is 11.5 Å². The molecule has 1 unspecified atom stereocenters. The Labute approximate surface area is 324 Å². The molecule has 0 saturated heterocycles. The van der Waals surface area contributed by atoms with Gasteiger partial charge in [-0.15, -0.1) is 0 Å². The minimum atomic E-state index is -1.17. The van der Waals surface area contributed by atoms with Gasteiger partial charge in [0.2, 0.25) is 0 Å². The van der Waals surface area contributed by atoms with E-state index in [9.17, 15) is 29.7 Å². The van der Waals surface area contributed by atoms with Gasteiger partial charge in [0.05, 0.1) is 11.5 Å². The first-order valence-corrected chi connectivity index (χ1v) is 18.7. The van der Waals surface area contributed by atoms with Crippen molar-refractivity contribution >= 4 is 17.9 Å². The number of hydrogen-bond acceptors (Lipinski definition) is 7. The van der Waals surface area contributed by atoms with Gasteiger partial charge in [-0.25, -0.2) is 0 Å². The summed E-state index contributed by atoms with van der Waals surface area (Å²) in [5.74, 6) is -1.95. The Bertz CT molecular complexity index is 1410. The summed E-state index contributed by atoms with van der Waals surface area (Å²) in [6.45, 7) is 31.1. The van der Waals surface area contributed by atoms with E-state index in [-0.39, 0.29) is 47.5 Å². The molecule has 308 valence electrons. The molecule has 10 nitrogen and oxygen atoms in total. The van der Waals surface area contributed by atoms with Crippen LogP contribution in [0.25, 0.3) is 0 Å². The lowest BCUT2D eigenvalue weighted by molar-refractivity contribution is -0.155. The molecule has 2 rings (SSSR count). The number of carboxylic acid groups (broad SMARTS) is 3. The topological polar surface area (TPSA) is 193 Å². The molecule has 0 saturated carbocycles. The van der Waals surface area contributed by atoms with E-state index in [4.69, 9.17) is 20.4 Å². The molecular formula is C44H72O10. The molecule has 0 heterocycles. The number of phenols is 2. The van der Waals surface area contributed by atoms with Crippen molar-refractivity contribution in [3.63, 3.8) is 0 Å². The molecule has 10 heteroatoms. The van der Waals surface area contributed by atoms with E-state index in [0.717, 1.165) is 33.4 Å². The first-order valence-electron chi connectivity index (χ1n) is 18.7. The van der Waals surface area contributed by atoms with Crippen molar-refractivity contribution in [1.29, 1.82) is 0 Å². The maximum atomic E-state index is 10.8. The number of aryl methyl sites for hydroxylation is 2. The monoisotopic (exact) mass is 761 g/mol. The van der Waals surface area contributed by atoms with Crippen LogP contribution in [-0.2, 0) is 48.9 Å². The zero-order chi connectivity index (χ0) is 43.0. The summed E-state index contributed by atoms with van der Waals surface area (Å²) in [7, 11) is 0. The predicted molar refractivity (Wildman–Crippen MR) is 216 cm³/mol. The van der Waals surface area contributed by atoms with E-state index >= 15 is 0 Å².